The van der Waals surface area contributed by atoms with Gasteiger partial charge in [-0.05, 0) is 54.5 Å². The highest BCUT2D eigenvalue weighted by molar-refractivity contribution is 7.80. The largest absolute Gasteiger partial charge is 0.493 e. The fraction of sp³-hybridized carbons (Fsp3) is 0.160. The molecule has 3 rings (SSSR count). The molecule has 0 aliphatic heterocycles. The first kappa shape index (κ1) is 23.7. The maximum atomic E-state index is 12.5. The Morgan fingerprint density at radius 3 is 2.42 bits per heavy atom. The van der Waals surface area contributed by atoms with Gasteiger partial charge in [-0.15, -0.1) is 0 Å². The van der Waals surface area contributed by atoms with Crippen LogP contribution in [0.1, 0.15) is 21.5 Å². The molecular weight excluding hydrogens is 438 g/mol. The maximum absolute atomic E-state index is 12.5. The standard InChI is InChI=1S/C25H25N3O4S/c1-18-8-5-6-13-22(18)32-17-23(29)27-28-25(33)26-24(30)20-11-7-12-21(16-20)31-15-14-19-9-3-2-4-10-19/h2-13,16H,14-15,17H2,1H3,(H,27,29)(H2,26,28,30,33). The van der Waals surface area contributed by atoms with Gasteiger partial charge in [0.2, 0.25) is 0 Å². The van der Waals surface area contributed by atoms with E-state index in [1.165, 1.54) is 5.56 Å². The molecular formula is C25H25N3O4S. The fourth-order valence-electron chi connectivity index (χ4n) is 2.89. The molecule has 0 unspecified atom stereocenters. The number of thiocarbonyl (C=S) groups is 1. The van der Waals surface area contributed by atoms with Crippen LogP contribution in [0.25, 0.3) is 0 Å². The van der Waals surface area contributed by atoms with Crippen molar-refractivity contribution < 1.29 is 19.1 Å². The molecule has 0 aliphatic rings. The third kappa shape index (κ3) is 7.93. The van der Waals surface area contributed by atoms with Crippen LogP contribution in [-0.4, -0.2) is 30.1 Å². The summed E-state index contributed by atoms with van der Waals surface area (Å²) in [5, 5.41) is 2.47. The van der Waals surface area contributed by atoms with Crippen LogP contribution < -0.4 is 25.6 Å². The Hall–Kier alpha value is -3.91. The zero-order valence-electron chi connectivity index (χ0n) is 18.2. The van der Waals surface area contributed by atoms with E-state index in [0.29, 0.717) is 23.7 Å². The number of hydrogen-bond donors (Lipinski definition) is 3. The molecule has 7 nitrogen and oxygen atoms in total. The number of para-hydroxylation sites is 1. The number of rotatable bonds is 8. The summed E-state index contributed by atoms with van der Waals surface area (Å²) in [7, 11) is 0. The molecule has 8 heteroatoms. The van der Waals surface area contributed by atoms with Gasteiger partial charge in [0.15, 0.2) is 11.7 Å². The minimum Gasteiger partial charge on any atom is -0.493 e. The van der Waals surface area contributed by atoms with E-state index in [1.807, 2.05) is 55.5 Å². The summed E-state index contributed by atoms with van der Waals surface area (Å²) < 4.78 is 11.2. The zero-order valence-corrected chi connectivity index (χ0v) is 19.0. The lowest BCUT2D eigenvalue weighted by molar-refractivity contribution is -0.123. The first-order valence-corrected chi connectivity index (χ1v) is 10.8. The Kier molecular flexibility index (Phi) is 8.79. The second-order valence-corrected chi connectivity index (χ2v) is 7.53. The summed E-state index contributed by atoms with van der Waals surface area (Å²) in [5.74, 6) is 0.337. The molecule has 3 N–H and O–H groups in total. The van der Waals surface area contributed by atoms with Crippen molar-refractivity contribution >= 4 is 29.1 Å². The van der Waals surface area contributed by atoms with Crippen molar-refractivity contribution in [2.24, 2.45) is 0 Å². The van der Waals surface area contributed by atoms with Crippen molar-refractivity contribution in [3.05, 3.63) is 95.6 Å². The molecule has 0 heterocycles. The van der Waals surface area contributed by atoms with Gasteiger partial charge < -0.3 is 9.47 Å². The monoisotopic (exact) mass is 463 g/mol. The van der Waals surface area contributed by atoms with Crippen LogP contribution in [0.15, 0.2) is 78.9 Å². The minimum absolute atomic E-state index is 0.0420. The van der Waals surface area contributed by atoms with Crippen molar-refractivity contribution in [3.8, 4) is 11.5 Å². The van der Waals surface area contributed by atoms with Crippen molar-refractivity contribution in [2.45, 2.75) is 13.3 Å². The Bertz CT molecular complexity index is 1110. The van der Waals surface area contributed by atoms with E-state index in [9.17, 15) is 9.59 Å². The van der Waals surface area contributed by atoms with Gasteiger partial charge in [-0.25, -0.2) is 0 Å². The molecule has 0 bridgehead atoms. The highest BCUT2D eigenvalue weighted by Crippen LogP contribution is 2.16. The average molecular weight is 464 g/mol. The molecule has 0 atom stereocenters. The number of hydrogen-bond acceptors (Lipinski definition) is 5. The summed E-state index contributed by atoms with van der Waals surface area (Å²) in [6.07, 6.45) is 0.762. The Morgan fingerprint density at radius 2 is 1.64 bits per heavy atom. The van der Waals surface area contributed by atoms with Gasteiger partial charge in [0.05, 0.1) is 6.61 Å². The lowest BCUT2D eigenvalue weighted by atomic mass is 10.2. The molecule has 0 spiro atoms. The molecule has 2 amide bonds. The van der Waals surface area contributed by atoms with Crippen LogP contribution in [0.2, 0.25) is 0 Å². The van der Waals surface area contributed by atoms with Crippen molar-refractivity contribution in [3.63, 3.8) is 0 Å². The first-order valence-electron chi connectivity index (χ1n) is 10.4. The maximum Gasteiger partial charge on any atom is 0.276 e. The normalized spacial score (nSPS) is 10.1. The average Bonchev–Trinajstić information content (AvgIpc) is 2.83. The number of amides is 2. The van der Waals surface area contributed by atoms with Gasteiger partial charge in [-0.2, -0.15) is 0 Å². The Morgan fingerprint density at radius 1 is 0.879 bits per heavy atom. The number of carbonyl (C=O) groups excluding carboxylic acids is 2. The first-order chi connectivity index (χ1) is 16.0. The van der Waals surface area contributed by atoms with Crippen LogP contribution in [0.5, 0.6) is 11.5 Å². The molecule has 3 aromatic rings. The number of ether oxygens (including phenoxy) is 2. The molecule has 0 saturated carbocycles. The Labute approximate surface area is 198 Å². The van der Waals surface area contributed by atoms with Crippen molar-refractivity contribution in [2.75, 3.05) is 13.2 Å². The van der Waals surface area contributed by atoms with E-state index in [4.69, 9.17) is 21.7 Å². The highest BCUT2D eigenvalue weighted by atomic mass is 32.1. The van der Waals surface area contributed by atoms with Gasteiger partial charge in [-0.1, -0.05) is 54.6 Å². The van der Waals surface area contributed by atoms with Gasteiger partial charge in [-0.3, -0.25) is 25.8 Å². The lowest BCUT2D eigenvalue weighted by Gasteiger charge is -2.12. The fourth-order valence-corrected chi connectivity index (χ4v) is 3.03. The van der Waals surface area contributed by atoms with Crippen LogP contribution >= 0.6 is 12.2 Å². The molecule has 0 aliphatic carbocycles. The van der Waals surface area contributed by atoms with E-state index in [0.717, 1.165) is 12.0 Å². The Balaban J connectivity index is 1.40. The van der Waals surface area contributed by atoms with Crippen molar-refractivity contribution in [1.82, 2.24) is 16.2 Å². The van der Waals surface area contributed by atoms with Gasteiger partial charge >= 0.3 is 0 Å². The second kappa shape index (κ2) is 12.2. The molecule has 3 aromatic carbocycles. The van der Waals surface area contributed by atoms with E-state index >= 15 is 0 Å². The summed E-state index contributed by atoms with van der Waals surface area (Å²) in [5.41, 5.74) is 7.36. The molecule has 0 aromatic heterocycles. The summed E-state index contributed by atoms with van der Waals surface area (Å²) in [6, 6.07) is 24.2. The summed E-state index contributed by atoms with van der Waals surface area (Å²) >= 11 is 5.07. The summed E-state index contributed by atoms with van der Waals surface area (Å²) in [6.45, 7) is 2.18. The van der Waals surface area contributed by atoms with E-state index in [2.05, 4.69) is 16.2 Å². The molecule has 170 valence electrons. The SMILES string of the molecule is Cc1ccccc1OCC(=O)NNC(=S)NC(=O)c1cccc(OCCc2ccccc2)c1. The number of hydrazine groups is 1. The predicted molar refractivity (Wildman–Crippen MR) is 130 cm³/mol. The van der Waals surface area contributed by atoms with Gasteiger partial charge in [0, 0.05) is 12.0 Å². The third-order valence-corrected chi connectivity index (χ3v) is 4.80. The van der Waals surface area contributed by atoms with Gasteiger partial charge in [0.1, 0.15) is 11.5 Å². The molecule has 33 heavy (non-hydrogen) atoms. The number of aryl methyl sites for hydroxylation is 1. The summed E-state index contributed by atoms with van der Waals surface area (Å²) in [4.78, 5) is 24.4. The van der Waals surface area contributed by atoms with Crippen molar-refractivity contribution in [1.29, 1.82) is 0 Å². The smallest absolute Gasteiger partial charge is 0.276 e. The number of carbonyl (C=O) groups is 2. The number of benzene rings is 3. The van der Waals surface area contributed by atoms with Crippen LogP contribution in [-0.2, 0) is 11.2 Å². The van der Waals surface area contributed by atoms with Gasteiger partial charge in [0.25, 0.3) is 11.8 Å². The topological polar surface area (TPSA) is 88.7 Å². The van der Waals surface area contributed by atoms with Crippen LogP contribution in [0.3, 0.4) is 0 Å². The quantitative estimate of drug-likeness (QED) is 0.351. The second-order valence-electron chi connectivity index (χ2n) is 7.12. The minimum atomic E-state index is -0.441. The third-order valence-electron chi connectivity index (χ3n) is 4.59. The molecule has 0 saturated heterocycles. The zero-order chi connectivity index (χ0) is 23.5. The lowest BCUT2D eigenvalue weighted by Crippen LogP contribution is -2.49. The number of nitrogens with one attached hydrogen (secondary N) is 3. The molecule has 0 radical (unpaired) electrons. The van der Waals surface area contributed by atoms with Crippen LogP contribution in [0.4, 0.5) is 0 Å². The van der Waals surface area contributed by atoms with E-state index in [1.54, 1.807) is 30.3 Å². The molecule has 0 fully saturated rings. The van der Waals surface area contributed by atoms with Crippen LogP contribution in [0, 0.1) is 6.92 Å². The van der Waals surface area contributed by atoms with E-state index < -0.39 is 11.8 Å². The highest BCUT2D eigenvalue weighted by Gasteiger charge is 2.10. The van der Waals surface area contributed by atoms with E-state index in [-0.39, 0.29) is 11.7 Å². The predicted octanol–water partition coefficient (Wildman–Crippen LogP) is 3.33.